The molecule has 1 aliphatic heterocycles. The van der Waals surface area contributed by atoms with Crippen molar-refractivity contribution >= 4 is 16.9 Å². The molecule has 0 aliphatic carbocycles. The van der Waals surface area contributed by atoms with Crippen LogP contribution in [-0.4, -0.2) is 29.0 Å². The van der Waals surface area contributed by atoms with Crippen molar-refractivity contribution in [1.82, 2.24) is 15.3 Å². The highest BCUT2D eigenvalue weighted by Crippen LogP contribution is 2.30. The highest BCUT2D eigenvalue weighted by atomic mass is 16.1. The van der Waals surface area contributed by atoms with Crippen molar-refractivity contribution in [3.05, 3.63) is 29.6 Å². The van der Waals surface area contributed by atoms with Gasteiger partial charge in [0.1, 0.15) is 11.3 Å². The Morgan fingerprint density at radius 2 is 2.32 bits per heavy atom. The first-order valence-corrected chi connectivity index (χ1v) is 6.66. The van der Waals surface area contributed by atoms with E-state index in [1.165, 1.54) is 0 Å². The third-order valence-corrected chi connectivity index (χ3v) is 3.93. The van der Waals surface area contributed by atoms with Crippen molar-refractivity contribution in [1.29, 1.82) is 0 Å². The maximum absolute atomic E-state index is 11.4. The van der Waals surface area contributed by atoms with Gasteiger partial charge in [0, 0.05) is 5.92 Å². The number of aromatic amines is 1. The molecule has 0 bridgehead atoms. The van der Waals surface area contributed by atoms with Crippen molar-refractivity contribution in [3.8, 4) is 0 Å². The minimum atomic E-state index is -0.429. The third kappa shape index (κ3) is 2.10. The van der Waals surface area contributed by atoms with Crippen LogP contribution in [-0.2, 0) is 0 Å². The first-order valence-electron chi connectivity index (χ1n) is 6.66. The minimum absolute atomic E-state index is 0.411. The number of imidazole rings is 1. The van der Waals surface area contributed by atoms with E-state index in [2.05, 4.69) is 22.2 Å². The van der Waals surface area contributed by atoms with Gasteiger partial charge in [-0.05, 0) is 37.6 Å². The van der Waals surface area contributed by atoms with Gasteiger partial charge in [-0.25, -0.2) is 4.98 Å². The maximum Gasteiger partial charge on any atom is 0.250 e. The lowest BCUT2D eigenvalue weighted by Crippen LogP contribution is -2.34. The van der Waals surface area contributed by atoms with Crippen LogP contribution in [0.1, 0.15) is 35.4 Å². The van der Waals surface area contributed by atoms with Crippen molar-refractivity contribution in [2.45, 2.75) is 19.3 Å². The van der Waals surface area contributed by atoms with Gasteiger partial charge in [-0.2, -0.15) is 0 Å². The number of carbonyl (C=O) groups excluding carboxylic acids is 1. The molecular weight excluding hydrogens is 240 g/mol. The van der Waals surface area contributed by atoms with Crippen LogP contribution in [0.2, 0.25) is 0 Å². The highest BCUT2D eigenvalue weighted by Gasteiger charge is 2.26. The Labute approximate surface area is 111 Å². The molecule has 1 fully saturated rings. The summed E-state index contributed by atoms with van der Waals surface area (Å²) in [7, 11) is 0. The number of para-hydroxylation sites is 1. The molecule has 0 spiro atoms. The lowest BCUT2D eigenvalue weighted by Gasteiger charge is -2.27. The van der Waals surface area contributed by atoms with E-state index in [0.717, 1.165) is 30.9 Å². The number of amides is 1. The van der Waals surface area contributed by atoms with E-state index in [9.17, 15) is 4.79 Å². The van der Waals surface area contributed by atoms with E-state index < -0.39 is 5.91 Å². The number of hydrogen-bond acceptors (Lipinski definition) is 3. The van der Waals surface area contributed by atoms with Crippen molar-refractivity contribution in [3.63, 3.8) is 0 Å². The molecule has 1 saturated heterocycles. The number of hydrogen-bond donors (Lipinski definition) is 3. The Morgan fingerprint density at radius 3 is 3.05 bits per heavy atom. The fraction of sp³-hybridized carbons (Fsp3) is 0.429. The predicted molar refractivity (Wildman–Crippen MR) is 74.0 cm³/mol. The Hall–Kier alpha value is -1.88. The number of primary amides is 1. The summed E-state index contributed by atoms with van der Waals surface area (Å²) in [6, 6.07) is 5.49. The summed E-state index contributed by atoms with van der Waals surface area (Å²) in [6.45, 7) is 4.23. The average Bonchev–Trinajstić information content (AvgIpc) is 2.82. The largest absolute Gasteiger partial charge is 0.366 e. The average molecular weight is 258 g/mol. The molecule has 2 aromatic rings. The van der Waals surface area contributed by atoms with Gasteiger partial charge in [0.05, 0.1) is 11.1 Å². The van der Waals surface area contributed by atoms with Crippen LogP contribution in [0.15, 0.2) is 18.2 Å². The van der Waals surface area contributed by atoms with E-state index in [-0.39, 0.29) is 0 Å². The number of carbonyl (C=O) groups is 1. The summed E-state index contributed by atoms with van der Waals surface area (Å²) in [5.41, 5.74) is 7.46. The van der Waals surface area contributed by atoms with Crippen LogP contribution in [0, 0.1) is 5.92 Å². The quantitative estimate of drug-likeness (QED) is 0.760. The summed E-state index contributed by atoms with van der Waals surface area (Å²) in [5.74, 6) is 1.49. The van der Waals surface area contributed by atoms with Gasteiger partial charge in [0.2, 0.25) is 0 Å². The Bertz CT molecular complexity index is 619. The molecule has 3 rings (SSSR count). The molecule has 2 atom stereocenters. The number of nitrogens with two attached hydrogens (primary N) is 1. The van der Waals surface area contributed by atoms with Crippen molar-refractivity contribution in [2.24, 2.45) is 11.7 Å². The second-order valence-electron chi connectivity index (χ2n) is 5.26. The zero-order valence-electron chi connectivity index (χ0n) is 10.9. The molecule has 0 saturated carbocycles. The zero-order valence-corrected chi connectivity index (χ0v) is 10.9. The van der Waals surface area contributed by atoms with Crippen LogP contribution < -0.4 is 11.1 Å². The SMILES string of the molecule is CC1CNCCC1c1nc2c(C(N)=O)cccc2[nH]1. The van der Waals surface area contributed by atoms with Gasteiger partial charge >= 0.3 is 0 Å². The van der Waals surface area contributed by atoms with E-state index in [4.69, 9.17) is 5.73 Å². The predicted octanol–water partition coefficient (Wildman–Crippen LogP) is 1.37. The summed E-state index contributed by atoms with van der Waals surface area (Å²) in [4.78, 5) is 19.4. The summed E-state index contributed by atoms with van der Waals surface area (Å²) >= 11 is 0. The number of aromatic nitrogens is 2. The summed E-state index contributed by atoms with van der Waals surface area (Å²) in [5, 5.41) is 3.38. The lowest BCUT2D eigenvalue weighted by molar-refractivity contribution is 0.100. The van der Waals surface area contributed by atoms with Crippen molar-refractivity contribution < 1.29 is 4.79 Å². The molecule has 0 radical (unpaired) electrons. The molecule has 19 heavy (non-hydrogen) atoms. The molecule has 2 unspecified atom stereocenters. The molecule has 1 amide bonds. The smallest absolute Gasteiger partial charge is 0.250 e. The van der Waals surface area contributed by atoms with E-state index in [0.29, 0.717) is 22.9 Å². The number of nitrogens with one attached hydrogen (secondary N) is 2. The van der Waals surface area contributed by atoms with Gasteiger partial charge in [0.25, 0.3) is 5.91 Å². The zero-order chi connectivity index (χ0) is 13.4. The second kappa shape index (κ2) is 4.66. The first kappa shape index (κ1) is 12.2. The fourth-order valence-electron chi connectivity index (χ4n) is 2.85. The standard InChI is InChI=1S/C14H18N4O/c1-8-7-16-6-5-9(8)14-17-11-4-2-3-10(13(15)19)12(11)18-14/h2-4,8-9,16H,5-7H2,1H3,(H2,15,19)(H,17,18). The number of piperidine rings is 1. The molecule has 2 heterocycles. The normalized spacial score (nSPS) is 23.6. The second-order valence-corrected chi connectivity index (χ2v) is 5.26. The number of fused-ring (bicyclic) bond motifs is 1. The molecule has 1 aliphatic rings. The number of rotatable bonds is 2. The van der Waals surface area contributed by atoms with Crippen LogP contribution >= 0.6 is 0 Å². The minimum Gasteiger partial charge on any atom is -0.366 e. The first-order chi connectivity index (χ1) is 9.16. The molecule has 100 valence electrons. The van der Waals surface area contributed by atoms with Gasteiger partial charge in [-0.15, -0.1) is 0 Å². The van der Waals surface area contributed by atoms with E-state index in [1.807, 2.05) is 12.1 Å². The van der Waals surface area contributed by atoms with E-state index >= 15 is 0 Å². The molecule has 1 aromatic carbocycles. The van der Waals surface area contributed by atoms with Crippen molar-refractivity contribution in [2.75, 3.05) is 13.1 Å². The van der Waals surface area contributed by atoms with Gasteiger partial charge in [0.15, 0.2) is 0 Å². The summed E-state index contributed by atoms with van der Waals surface area (Å²) in [6.07, 6.45) is 1.06. The van der Waals surface area contributed by atoms with E-state index in [1.54, 1.807) is 6.07 Å². The third-order valence-electron chi connectivity index (χ3n) is 3.93. The van der Waals surface area contributed by atoms with Crippen LogP contribution in [0.5, 0.6) is 0 Å². The summed E-state index contributed by atoms with van der Waals surface area (Å²) < 4.78 is 0. The molecule has 1 aromatic heterocycles. The Kier molecular flexibility index (Phi) is 2.98. The lowest BCUT2D eigenvalue weighted by atomic mass is 9.87. The van der Waals surface area contributed by atoms with Gasteiger partial charge < -0.3 is 16.0 Å². The number of nitrogens with zero attached hydrogens (tertiary/aromatic N) is 1. The van der Waals surface area contributed by atoms with Crippen LogP contribution in [0.3, 0.4) is 0 Å². The molecule has 5 nitrogen and oxygen atoms in total. The topological polar surface area (TPSA) is 83.8 Å². The van der Waals surface area contributed by atoms with Crippen LogP contribution in [0.25, 0.3) is 11.0 Å². The highest BCUT2D eigenvalue weighted by molar-refractivity contribution is 6.04. The monoisotopic (exact) mass is 258 g/mol. The van der Waals surface area contributed by atoms with Crippen LogP contribution in [0.4, 0.5) is 0 Å². The molecule has 4 N–H and O–H groups in total. The van der Waals surface area contributed by atoms with Gasteiger partial charge in [-0.1, -0.05) is 13.0 Å². The number of H-pyrrole nitrogens is 1. The molecule has 5 heteroatoms. The van der Waals surface area contributed by atoms with Gasteiger partial charge in [-0.3, -0.25) is 4.79 Å². The fourth-order valence-corrected chi connectivity index (χ4v) is 2.85. The Balaban J connectivity index is 2.06. The molecular formula is C14H18N4O. The maximum atomic E-state index is 11.4. The number of benzene rings is 1. The Morgan fingerprint density at radius 1 is 1.47 bits per heavy atom.